The number of nitrogens with one attached hydrogen (secondary N) is 2. The third-order valence-electron chi connectivity index (χ3n) is 3.26. The number of aryl methyl sites for hydroxylation is 1. The van der Waals surface area contributed by atoms with Gasteiger partial charge < -0.3 is 10.2 Å². The number of benzene rings is 1. The number of nitrogens with zero attached hydrogens (tertiary/aromatic N) is 5. The summed E-state index contributed by atoms with van der Waals surface area (Å²) in [6.45, 7) is 1.93. The highest BCUT2D eigenvalue weighted by molar-refractivity contribution is 7.18. The minimum absolute atomic E-state index is 0.0149. The van der Waals surface area contributed by atoms with E-state index in [0.29, 0.717) is 5.69 Å². The molecule has 2 N–H and O–H groups in total. The van der Waals surface area contributed by atoms with Gasteiger partial charge in [0.1, 0.15) is 6.54 Å². The molecule has 0 bridgehead atoms. The number of amides is 3. The second kappa shape index (κ2) is 6.85. The maximum absolute atomic E-state index is 12.1. The molecule has 25 heavy (non-hydrogen) atoms. The molecule has 3 rings (SSSR count). The van der Waals surface area contributed by atoms with Crippen LogP contribution in [-0.2, 0) is 11.3 Å². The van der Waals surface area contributed by atoms with Crippen molar-refractivity contribution in [2.24, 2.45) is 0 Å². The van der Waals surface area contributed by atoms with Crippen molar-refractivity contribution in [1.29, 1.82) is 0 Å². The SMILES string of the molecule is Cc1nc2cc(NC(=O)Cn3cc(NC(=O)N(C)C)nn3)ccc2s1. The molecule has 0 spiro atoms. The van der Waals surface area contributed by atoms with Crippen LogP contribution in [0.3, 0.4) is 0 Å². The van der Waals surface area contributed by atoms with Gasteiger partial charge in [-0.25, -0.2) is 14.5 Å². The van der Waals surface area contributed by atoms with E-state index in [4.69, 9.17) is 0 Å². The van der Waals surface area contributed by atoms with E-state index in [9.17, 15) is 9.59 Å². The molecule has 130 valence electrons. The Morgan fingerprint density at radius 1 is 1.28 bits per heavy atom. The Balaban J connectivity index is 1.61. The van der Waals surface area contributed by atoms with Gasteiger partial charge in [0, 0.05) is 19.8 Å². The first-order valence-corrected chi connectivity index (χ1v) is 8.28. The van der Waals surface area contributed by atoms with Crippen LogP contribution in [0.15, 0.2) is 24.4 Å². The van der Waals surface area contributed by atoms with E-state index in [1.54, 1.807) is 25.4 Å². The first-order chi connectivity index (χ1) is 11.9. The summed E-state index contributed by atoms with van der Waals surface area (Å²) in [7, 11) is 3.24. The Hall–Kier alpha value is -3.01. The predicted octanol–water partition coefficient (Wildman–Crippen LogP) is 1.93. The zero-order valence-electron chi connectivity index (χ0n) is 14.0. The molecule has 0 aliphatic rings. The third kappa shape index (κ3) is 4.10. The van der Waals surface area contributed by atoms with Gasteiger partial charge in [0.15, 0.2) is 5.82 Å². The predicted molar refractivity (Wildman–Crippen MR) is 95.7 cm³/mol. The van der Waals surface area contributed by atoms with Gasteiger partial charge in [-0.3, -0.25) is 10.1 Å². The number of carbonyl (C=O) groups is 2. The Bertz CT molecular complexity index is 931. The van der Waals surface area contributed by atoms with Crippen molar-refractivity contribution in [3.8, 4) is 0 Å². The standard InChI is InChI=1S/C15H17N7O2S/c1-9-16-11-6-10(4-5-12(11)25-9)17-14(23)8-22-7-13(19-20-22)18-15(24)21(2)3/h4-7H,8H2,1-3H3,(H,17,23)(H,18,24). The quantitative estimate of drug-likeness (QED) is 0.740. The fourth-order valence-electron chi connectivity index (χ4n) is 2.12. The Labute approximate surface area is 147 Å². The number of rotatable bonds is 4. The van der Waals surface area contributed by atoms with E-state index in [-0.39, 0.29) is 24.3 Å². The second-order valence-electron chi connectivity index (χ2n) is 5.59. The van der Waals surface area contributed by atoms with Crippen LogP contribution in [0.5, 0.6) is 0 Å². The number of thiazole rings is 1. The molecule has 3 amide bonds. The van der Waals surface area contributed by atoms with Crippen molar-refractivity contribution in [3.63, 3.8) is 0 Å². The average molecular weight is 359 g/mol. The van der Waals surface area contributed by atoms with Crippen LogP contribution in [0, 0.1) is 6.92 Å². The van der Waals surface area contributed by atoms with Crippen LogP contribution < -0.4 is 10.6 Å². The van der Waals surface area contributed by atoms with E-state index < -0.39 is 0 Å². The van der Waals surface area contributed by atoms with Crippen LogP contribution in [-0.4, -0.2) is 50.9 Å². The summed E-state index contributed by atoms with van der Waals surface area (Å²) < 4.78 is 2.43. The largest absolute Gasteiger partial charge is 0.331 e. The monoisotopic (exact) mass is 359 g/mol. The highest BCUT2D eigenvalue weighted by Crippen LogP contribution is 2.24. The number of aromatic nitrogens is 4. The molecule has 2 heterocycles. The van der Waals surface area contributed by atoms with Gasteiger partial charge in [0.05, 0.1) is 21.4 Å². The van der Waals surface area contributed by atoms with E-state index in [1.165, 1.54) is 15.8 Å². The number of anilines is 2. The summed E-state index contributed by atoms with van der Waals surface area (Å²) in [4.78, 5) is 29.5. The lowest BCUT2D eigenvalue weighted by Gasteiger charge is -2.09. The van der Waals surface area contributed by atoms with Gasteiger partial charge in [0.2, 0.25) is 5.91 Å². The molecule has 0 atom stereocenters. The summed E-state index contributed by atoms with van der Waals surface area (Å²) in [5.74, 6) is 0.0348. The lowest BCUT2D eigenvalue weighted by molar-refractivity contribution is -0.116. The van der Waals surface area contributed by atoms with Crippen LogP contribution in [0.4, 0.5) is 16.3 Å². The van der Waals surface area contributed by atoms with E-state index in [1.807, 2.05) is 25.1 Å². The van der Waals surface area contributed by atoms with Crippen molar-refractivity contribution >= 4 is 45.0 Å². The number of hydrogen-bond acceptors (Lipinski definition) is 6. The van der Waals surface area contributed by atoms with Crippen molar-refractivity contribution in [2.45, 2.75) is 13.5 Å². The van der Waals surface area contributed by atoms with E-state index in [2.05, 4.69) is 25.9 Å². The number of fused-ring (bicyclic) bond motifs is 1. The van der Waals surface area contributed by atoms with E-state index >= 15 is 0 Å². The first kappa shape index (κ1) is 16.8. The summed E-state index contributed by atoms with van der Waals surface area (Å²) in [5.41, 5.74) is 1.53. The van der Waals surface area contributed by atoms with Crippen molar-refractivity contribution in [1.82, 2.24) is 24.9 Å². The first-order valence-electron chi connectivity index (χ1n) is 7.46. The molecule has 9 nitrogen and oxygen atoms in total. The summed E-state index contributed by atoms with van der Waals surface area (Å²) in [6.07, 6.45) is 1.49. The Kier molecular flexibility index (Phi) is 4.61. The molecule has 2 aromatic heterocycles. The highest BCUT2D eigenvalue weighted by atomic mass is 32.1. The molecule has 0 unspecified atom stereocenters. The zero-order chi connectivity index (χ0) is 18.0. The molecule has 10 heteroatoms. The number of urea groups is 1. The van der Waals surface area contributed by atoms with Crippen molar-refractivity contribution < 1.29 is 9.59 Å². The van der Waals surface area contributed by atoms with Crippen LogP contribution in [0.1, 0.15) is 5.01 Å². The van der Waals surface area contributed by atoms with E-state index in [0.717, 1.165) is 15.2 Å². The van der Waals surface area contributed by atoms with Crippen molar-refractivity contribution in [3.05, 3.63) is 29.4 Å². The topological polar surface area (TPSA) is 105 Å². The van der Waals surface area contributed by atoms with Gasteiger partial charge in [0.25, 0.3) is 0 Å². The van der Waals surface area contributed by atoms with Gasteiger partial charge >= 0.3 is 6.03 Å². The zero-order valence-corrected chi connectivity index (χ0v) is 14.8. The lowest BCUT2D eigenvalue weighted by Crippen LogP contribution is -2.27. The van der Waals surface area contributed by atoms with Gasteiger partial charge in [-0.05, 0) is 25.1 Å². The van der Waals surface area contributed by atoms with Gasteiger partial charge in [-0.2, -0.15) is 0 Å². The third-order valence-corrected chi connectivity index (χ3v) is 4.22. The normalized spacial score (nSPS) is 10.7. The van der Waals surface area contributed by atoms with Crippen LogP contribution in [0.2, 0.25) is 0 Å². The molecule has 0 saturated heterocycles. The Morgan fingerprint density at radius 2 is 2.08 bits per heavy atom. The second-order valence-corrected chi connectivity index (χ2v) is 6.82. The lowest BCUT2D eigenvalue weighted by atomic mass is 10.3. The molecule has 0 radical (unpaired) electrons. The summed E-state index contributed by atoms with van der Waals surface area (Å²) in [6, 6.07) is 5.28. The smallest absolute Gasteiger partial charge is 0.322 e. The molecule has 1 aromatic carbocycles. The molecule has 0 fully saturated rings. The number of carbonyl (C=O) groups excluding carboxylic acids is 2. The Morgan fingerprint density at radius 3 is 2.84 bits per heavy atom. The molecular formula is C15H17N7O2S. The average Bonchev–Trinajstić information content (AvgIpc) is 3.11. The van der Waals surface area contributed by atoms with Crippen LogP contribution in [0.25, 0.3) is 10.2 Å². The number of hydrogen-bond donors (Lipinski definition) is 2. The van der Waals surface area contributed by atoms with Crippen molar-refractivity contribution in [2.75, 3.05) is 24.7 Å². The molecular weight excluding hydrogens is 342 g/mol. The van der Waals surface area contributed by atoms with Gasteiger partial charge in [-0.15, -0.1) is 16.4 Å². The fraction of sp³-hybridized carbons (Fsp3) is 0.267. The maximum Gasteiger partial charge on any atom is 0.322 e. The molecule has 0 aliphatic heterocycles. The van der Waals surface area contributed by atoms with Gasteiger partial charge in [-0.1, -0.05) is 5.21 Å². The fourth-order valence-corrected chi connectivity index (χ4v) is 2.93. The molecule has 0 saturated carbocycles. The molecule has 3 aromatic rings. The summed E-state index contributed by atoms with van der Waals surface area (Å²) >= 11 is 1.61. The highest BCUT2D eigenvalue weighted by Gasteiger charge is 2.10. The maximum atomic E-state index is 12.1. The summed E-state index contributed by atoms with van der Waals surface area (Å²) in [5, 5.41) is 14.0. The van der Waals surface area contributed by atoms with Crippen LogP contribution >= 0.6 is 11.3 Å². The minimum Gasteiger partial charge on any atom is -0.331 e. The minimum atomic E-state index is -0.316. The molecule has 0 aliphatic carbocycles.